The highest BCUT2D eigenvalue weighted by Gasteiger charge is 2.10. The summed E-state index contributed by atoms with van der Waals surface area (Å²) in [5.41, 5.74) is 1.96. The lowest BCUT2D eigenvalue weighted by molar-refractivity contribution is 0.271. The van der Waals surface area contributed by atoms with Gasteiger partial charge in [-0.05, 0) is 17.7 Å². The number of hydrogen-bond donors (Lipinski definition) is 1. The van der Waals surface area contributed by atoms with Crippen LogP contribution in [0.1, 0.15) is 30.0 Å². The monoisotopic (exact) mass is 295 g/mol. The second-order valence-electron chi connectivity index (χ2n) is 4.05. The van der Waals surface area contributed by atoms with Crippen molar-refractivity contribution in [3.05, 3.63) is 52.1 Å². The molecule has 0 spiro atoms. The zero-order valence-corrected chi connectivity index (χ0v) is 11.1. The molecule has 0 saturated carbocycles. The maximum absolute atomic E-state index is 9.03. The number of rotatable bonds is 4. The van der Waals surface area contributed by atoms with E-state index in [4.69, 9.17) is 9.52 Å². The average molecular weight is 296 g/mol. The molecule has 0 aliphatic heterocycles. The normalized spacial score (nSPS) is 12.6. The molecule has 0 bridgehead atoms. The Balaban J connectivity index is 2.08. The van der Waals surface area contributed by atoms with E-state index in [2.05, 4.69) is 20.9 Å². The lowest BCUT2D eigenvalue weighted by Gasteiger charge is -2.00. The average Bonchev–Trinajstić information content (AvgIpc) is 2.80. The number of hydrogen-bond acceptors (Lipinski definition) is 3. The molecule has 0 aliphatic carbocycles. The molecule has 0 radical (unpaired) electrons. The van der Waals surface area contributed by atoms with E-state index in [1.165, 1.54) is 0 Å². The SMILES string of the molecule is CC(CO)c1coc(Cc2ccc(Br)cc2)n1. The molecule has 1 aromatic carbocycles. The van der Waals surface area contributed by atoms with Crippen molar-refractivity contribution >= 4 is 15.9 Å². The van der Waals surface area contributed by atoms with Crippen molar-refractivity contribution in [2.75, 3.05) is 6.61 Å². The standard InChI is InChI=1S/C13H14BrNO2/c1-9(7-16)12-8-17-13(15-12)6-10-2-4-11(14)5-3-10/h2-5,8-9,16H,6-7H2,1H3. The van der Waals surface area contributed by atoms with Crippen molar-refractivity contribution < 1.29 is 9.52 Å². The predicted octanol–water partition coefficient (Wildman–Crippen LogP) is 3.12. The van der Waals surface area contributed by atoms with Crippen LogP contribution in [0.3, 0.4) is 0 Å². The van der Waals surface area contributed by atoms with Gasteiger partial charge < -0.3 is 9.52 Å². The van der Waals surface area contributed by atoms with Gasteiger partial charge in [-0.15, -0.1) is 0 Å². The van der Waals surface area contributed by atoms with Crippen molar-refractivity contribution in [3.63, 3.8) is 0 Å². The van der Waals surface area contributed by atoms with Crippen molar-refractivity contribution in [3.8, 4) is 0 Å². The number of aromatic nitrogens is 1. The Morgan fingerprint density at radius 3 is 2.71 bits per heavy atom. The second kappa shape index (κ2) is 5.47. The quantitative estimate of drug-likeness (QED) is 0.943. The molecular weight excluding hydrogens is 282 g/mol. The molecule has 90 valence electrons. The molecule has 2 rings (SSSR count). The molecule has 4 heteroatoms. The number of oxazole rings is 1. The van der Waals surface area contributed by atoms with E-state index in [1.807, 2.05) is 31.2 Å². The van der Waals surface area contributed by atoms with Crippen LogP contribution in [-0.2, 0) is 6.42 Å². The second-order valence-corrected chi connectivity index (χ2v) is 4.97. The molecule has 0 aliphatic rings. The summed E-state index contributed by atoms with van der Waals surface area (Å²) in [7, 11) is 0. The topological polar surface area (TPSA) is 46.3 Å². The molecule has 1 unspecified atom stereocenters. The molecule has 0 amide bonds. The van der Waals surface area contributed by atoms with Gasteiger partial charge in [0.2, 0.25) is 0 Å². The van der Waals surface area contributed by atoms with Gasteiger partial charge in [0.15, 0.2) is 5.89 Å². The third-order valence-corrected chi connectivity index (χ3v) is 3.15. The molecule has 17 heavy (non-hydrogen) atoms. The third-order valence-electron chi connectivity index (χ3n) is 2.62. The Morgan fingerprint density at radius 2 is 2.06 bits per heavy atom. The van der Waals surface area contributed by atoms with Gasteiger partial charge in [0.1, 0.15) is 6.26 Å². The number of halogens is 1. The summed E-state index contributed by atoms with van der Waals surface area (Å²) in [6, 6.07) is 8.05. The summed E-state index contributed by atoms with van der Waals surface area (Å²) in [5, 5.41) is 9.03. The first-order valence-electron chi connectivity index (χ1n) is 5.48. The van der Waals surface area contributed by atoms with E-state index >= 15 is 0 Å². The highest BCUT2D eigenvalue weighted by Crippen LogP contribution is 2.17. The van der Waals surface area contributed by atoms with E-state index in [0.29, 0.717) is 12.3 Å². The van der Waals surface area contributed by atoms with Crippen molar-refractivity contribution in [2.45, 2.75) is 19.3 Å². The van der Waals surface area contributed by atoms with E-state index in [1.54, 1.807) is 6.26 Å². The van der Waals surface area contributed by atoms with Gasteiger partial charge >= 0.3 is 0 Å². The van der Waals surface area contributed by atoms with Gasteiger partial charge in [0, 0.05) is 16.8 Å². The van der Waals surface area contributed by atoms with Gasteiger partial charge in [-0.2, -0.15) is 0 Å². The fraction of sp³-hybridized carbons (Fsp3) is 0.308. The van der Waals surface area contributed by atoms with Crippen LogP contribution in [0.4, 0.5) is 0 Å². The Hall–Kier alpha value is -1.13. The highest BCUT2D eigenvalue weighted by atomic mass is 79.9. The minimum atomic E-state index is 0.0254. The number of aliphatic hydroxyl groups excluding tert-OH is 1. The first-order valence-corrected chi connectivity index (χ1v) is 6.28. The van der Waals surface area contributed by atoms with Crippen LogP contribution in [0.5, 0.6) is 0 Å². The van der Waals surface area contributed by atoms with Crippen LogP contribution in [0.2, 0.25) is 0 Å². The smallest absolute Gasteiger partial charge is 0.198 e. The molecule has 3 nitrogen and oxygen atoms in total. The van der Waals surface area contributed by atoms with Crippen LogP contribution >= 0.6 is 15.9 Å². The number of aliphatic hydroxyl groups is 1. The molecule has 1 heterocycles. The highest BCUT2D eigenvalue weighted by molar-refractivity contribution is 9.10. The summed E-state index contributed by atoms with van der Waals surface area (Å²) in [5.74, 6) is 0.708. The Morgan fingerprint density at radius 1 is 1.35 bits per heavy atom. The van der Waals surface area contributed by atoms with Crippen LogP contribution in [-0.4, -0.2) is 16.7 Å². The maximum Gasteiger partial charge on any atom is 0.198 e. The van der Waals surface area contributed by atoms with Crippen LogP contribution in [0.25, 0.3) is 0 Å². The maximum atomic E-state index is 9.03. The van der Waals surface area contributed by atoms with Crippen molar-refractivity contribution in [2.24, 2.45) is 0 Å². The summed E-state index contributed by atoms with van der Waals surface area (Å²) < 4.78 is 6.45. The van der Waals surface area contributed by atoms with Crippen LogP contribution < -0.4 is 0 Å². The predicted molar refractivity (Wildman–Crippen MR) is 69.0 cm³/mol. The first kappa shape index (κ1) is 12.3. The van der Waals surface area contributed by atoms with Gasteiger partial charge in [-0.3, -0.25) is 0 Å². The van der Waals surface area contributed by atoms with E-state index in [0.717, 1.165) is 15.7 Å². The number of nitrogens with zero attached hydrogens (tertiary/aromatic N) is 1. The fourth-order valence-corrected chi connectivity index (χ4v) is 1.77. The van der Waals surface area contributed by atoms with Gasteiger partial charge in [0.05, 0.1) is 12.3 Å². The van der Waals surface area contributed by atoms with E-state index < -0.39 is 0 Å². The molecule has 0 saturated heterocycles. The van der Waals surface area contributed by atoms with Crippen LogP contribution in [0.15, 0.2) is 39.4 Å². The van der Waals surface area contributed by atoms with Crippen LogP contribution in [0, 0.1) is 0 Å². The Labute approximate surface area is 109 Å². The number of benzene rings is 1. The van der Waals surface area contributed by atoms with Crippen molar-refractivity contribution in [1.29, 1.82) is 0 Å². The Kier molecular flexibility index (Phi) is 3.97. The molecule has 1 N–H and O–H groups in total. The summed E-state index contributed by atoms with van der Waals surface area (Å²) in [6.45, 7) is 2.01. The molecule has 2 aromatic rings. The van der Waals surface area contributed by atoms with Gasteiger partial charge in [-0.25, -0.2) is 4.98 Å². The molecule has 0 fully saturated rings. The Bertz CT molecular complexity index is 478. The molecule has 1 atom stereocenters. The minimum Gasteiger partial charge on any atom is -0.448 e. The van der Waals surface area contributed by atoms with Gasteiger partial charge in [-0.1, -0.05) is 35.0 Å². The summed E-state index contributed by atoms with van der Waals surface area (Å²) in [6.07, 6.45) is 2.29. The van der Waals surface area contributed by atoms with E-state index in [9.17, 15) is 0 Å². The summed E-state index contributed by atoms with van der Waals surface area (Å²) in [4.78, 5) is 4.36. The zero-order chi connectivity index (χ0) is 12.3. The lowest BCUT2D eigenvalue weighted by Crippen LogP contribution is -1.99. The van der Waals surface area contributed by atoms with Crippen molar-refractivity contribution in [1.82, 2.24) is 4.98 Å². The first-order chi connectivity index (χ1) is 8.19. The molecule has 1 aromatic heterocycles. The fourth-order valence-electron chi connectivity index (χ4n) is 1.50. The third kappa shape index (κ3) is 3.17. The summed E-state index contributed by atoms with van der Waals surface area (Å²) >= 11 is 3.40. The minimum absolute atomic E-state index is 0.0254. The lowest BCUT2D eigenvalue weighted by atomic mass is 10.1. The largest absolute Gasteiger partial charge is 0.448 e. The van der Waals surface area contributed by atoms with Gasteiger partial charge in [0.25, 0.3) is 0 Å². The zero-order valence-electron chi connectivity index (χ0n) is 9.56. The van der Waals surface area contributed by atoms with E-state index in [-0.39, 0.29) is 12.5 Å². The molecular formula is C13H14BrNO2.